The second-order valence-electron chi connectivity index (χ2n) is 6.13. The first-order valence-corrected chi connectivity index (χ1v) is 7.92. The molecule has 0 aromatic heterocycles. The Morgan fingerprint density at radius 3 is 2.21 bits per heavy atom. The predicted molar refractivity (Wildman–Crippen MR) is 94.4 cm³/mol. The van der Waals surface area contributed by atoms with E-state index in [1.54, 1.807) is 0 Å². The molecule has 4 nitrogen and oxygen atoms in total. The summed E-state index contributed by atoms with van der Waals surface area (Å²) in [6.45, 7) is 6.42. The molecule has 2 aromatic carbocycles. The fourth-order valence-corrected chi connectivity index (χ4v) is 2.78. The number of benzene rings is 2. The summed E-state index contributed by atoms with van der Waals surface area (Å²) >= 11 is 0. The Morgan fingerprint density at radius 2 is 1.58 bits per heavy atom. The Hall–Kier alpha value is -2.88. The molecule has 1 N–H and O–H groups in total. The van der Waals surface area contributed by atoms with Crippen molar-refractivity contribution in [2.75, 3.05) is 5.32 Å². The average Bonchev–Trinajstić information content (AvgIpc) is 2.81. The van der Waals surface area contributed by atoms with Gasteiger partial charge in [-0.2, -0.15) is 0 Å². The predicted octanol–water partition coefficient (Wildman–Crippen LogP) is 3.48. The molecule has 0 saturated heterocycles. The Bertz CT molecular complexity index is 815. The molecule has 0 atom stereocenters. The lowest BCUT2D eigenvalue weighted by atomic mass is 10.0. The fourth-order valence-electron chi connectivity index (χ4n) is 2.78. The van der Waals surface area contributed by atoms with E-state index in [0.717, 1.165) is 22.4 Å². The van der Waals surface area contributed by atoms with Gasteiger partial charge in [0.05, 0.1) is 6.54 Å². The summed E-state index contributed by atoms with van der Waals surface area (Å²) < 4.78 is 0. The molecule has 2 amide bonds. The zero-order valence-electron chi connectivity index (χ0n) is 14.1. The van der Waals surface area contributed by atoms with Gasteiger partial charge in [0.15, 0.2) is 0 Å². The standard InChI is InChI=1S/C20H20N2O2/c1-13-9-17(10-14(2)15(13)3)21-18-11-19(23)22(20(18)24)12-16-7-5-4-6-8-16/h4-11,21H,12H2,1-3H3. The normalized spacial score (nSPS) is 14.1. The first-order chi connectivity index (χ1) is 11.5. The molecular formula is C20H20N2O2. The summed E-state index contributed by atoms with van der Waals surface area (Å²) in [6.07, 6.45) is 1.37. The van der Waals surface area contributed by atoms with Gasteiger partial charge in [0.25, 0.3) is 11.8 Å². The number of carbonyl (C=O) groups excluding carboxylic acids is 2. The van der Waals surface area contributed by atoms with Crippen LogP contribution in [0.3, 0.4) is 0 Å². The van der Waals surface area contributed by atoms with Crippen molar-refractivity contribution in [2.45, 2.75) is 27.3 Å². The van der Waals surface area contributed by atoms with Gasteiger partial charge in [0.1, 0.15) is 5.70 Å². The molecule has 2 aromatic rings. The molecule has 3 rings (SSSR count). The Morgan fingerprint density at radius 1 is 0.958 bits per heavy atom. The van der Waals surface area contributed by atoms with Gasteiger partial charge in [-0.1, -0.05) is 30.3 Å². The van der Waals surface area contributed by atoms with Gasteiger partial charge in [0.2, 0.25) is 0 Å². The van der Waals surface area contributed by atoms with Crippen molar-refractivity contribution in [1.82, 2.24) is 4.90 Å². The van der Waals surface area contributed by atoms with E-state index in [0.29, 0.717) is 5.70 Å². The van der Waals surface area contributed by atoms with Crippen LogP contribution in [0.15, 0.2) is 54.2 Å². The number of hydrogen-bond acceptors (Lipinski definition) is 3. The van der Waals surface area contributed by atoms with Gasteiger partial charge in [-0.3, -0.25) is 14.5 Å². The lowest BCUT2D eigenvalue weighted by Gasteiger charge is -2.16. The van der Waals surface area contributed by atoms with Crippen molar-refractivity contribution in [1.29, 1.82) is 0 Å². The van der Waals surface area contributed by atoms with Crippen molar-refractivity contribution in [3.05, 3.63) is 76.5 Å². The van der Waals surface area contributed by atoms with Crippen LogP contribution < -0.4 is 5.32 Å². The van der Waals surface area contributed by atoms with Crippen molar-refractivity contribution < 1.29 is 9.59 Å². The van der Waals surface area contributed by atoms with E-state index in [9.17, 15) is 9.59 Å². The SMILES string of the molecule is Cc1cc(NC2=CC(=O)N(Cc3ccccc3)C2=O)cc(C)c1C. The first kappa shape index (κ1) is 16.0. The Balaban J connectivity index is 1.77. The van der Waals surface area contributed by atoms with Crippen LogP contribution in [0.25, 0.3) is 0 Å². The molecule has 1 aliphatic rings. The minimum absolute atomic E-state index is 0.284. The second kappa shape index (κ2) is 6.32. The van der Waals surface area contributed by atoms with Gasteiger partial charge in [0, 0.05) is 11.8 Å². The number of amides is 2. The third kappa shape index (κ3) is 3.08. The lowest BCUT2D eigenvalue weighted by molar-refractivity contribution is -0.137. The molecule has 4 heteroatoms. The third-order valence-corrected chi connectivity index (χ3v) is 4.40. The largest absolute Gasteiger partial charge is 0.351 e. The number of anilines is 1. The summed E-state index contributed by atoms with van der Waals surface area (Å²) in [5, 5.41) is 3.09. The summed E-state index contributed by atoms with van der Waals surface area (Å²) in [7, 11) is 0. The maximum Gasteiger partial charge on any atom is 0.277 e. The van der Waals surface area contributed by atoms with Crippen LogP contribution in [0.2, 0.25) is 0 Å². The van der Waals surface area contributed by atoms with Gasteiger partial charge in [-0.15, -0.1) is 0 Å². The molecule has 0 aliphatic carbocycles. The summed E-state index contributed by atoms with van der Waals surface area (Å²) in [5.41, 5.74) is 5.60. The molecule has 0 radical (unpaired) electrons. The topological polar surface area (TPSA) is 49.4 Å². The number of nitrogens with one attached hydrogen (secondary N) is 1. The molecule has 0 fully saturated rings. The minimum Gasteiger partial charge on any atom is -0.351 e. The van der Waals surface area contributed by atoms with Crippen molar-refractivity contribution in [3.63, 3.8) is 0 Å². The molecule has 1 heterocycles. The number of nitrogens with zero attached hydrogens (tertiary/aromatic N) is 1. The number of imide groups is 1. The number of carbonyl (C=O) groups is 2. The monoisotopic (exact) mass is 320 g/mol. The molecule has 0 unspecified atom stereocenters. The third-order valence-electron chi connectivity index (χ3n) is 4.40. The second-order valence-corrected chi connectivity index (χ2v) is 6.13. The minimum atomic E-state index is -0.292. The van der Waals surface area contributed by atoms with E-state index in [-0.39, 0.29) is 18.4 Å². The van der Waals surface area contributed by atoms with Crippen molar-refractivity contribution >= 4 is 17.5 Å². The molecule has 0 saturated carbocycles. The van der Waals surface area contributed by atoms with Crippen molar-refractivity contribution in [2.24, 2.45) is 0 Å². The van der Waals surface area contributed by atoms with Crippen LogP contribution in [0.1, 0.15) is 22.3 Å². The summed E-state index contributed by atoms with van der Waals surface area (Å²) in [5.74, 6) is -0.577. The van der Waals surface area contributed by atoms with Gasteiger partial charge < -0.3 is 5.32 Å². The summed E-state index contributed by atoms with van der Waals surface area (Å²) in [6, 6.07) is 13.5. The van der Waals surface area contributed by atoms with E-state index in [1.807, 2.05) is 56.3 Å². The first-order valence-electron chi connectivity index (χ1n) is 7.92. The van der Waals surface area contributed by atoms with E-state index in [2.05, 4.69) is 12.2 Å². The lowest BCUT2D eigenvalue weighted by Crippen LogP contribution is -2.31. The van der Waals surface area contributed by atoms with E-state index >= 15 is 0 Å². The molecule has 1 aliphatic heterocycles. The quantitative estimate of drug-likeness (QED) is 0.878. The van der Waals surface area contributed by atoms with Crippen molar-refractivity contribution in [3.8, 4) is 0 Å². The van der Waals surface area contributed by atoms with Gasteiger partial charge >= 0.3 is 0 Å². The Kier molecular flexibility index (Phi) is 4.21. The molecule has 0 spiro atoms. The molecule has 0 bridgehead atoms. The highest BCUT2D eigenvalue weighted by Crippen LogP contribution is 2.23. The maximum atomic E-state index is 12.5. The highest BCUT2D eigenvalue weighted by molar-refractivity contribution is 6.17. The highest BCUT2D eigenvalue weighted by atomic mass is 16.2. The van der Waals surface area contributed by atoms with Crippen LogP contribution in [-0.2, 0) is 16.1 Å². The molecule has 122 valence electrons. The zero-order chi connectivity index (χ0) is 17.3. The number of rotatable bonds is 4. The Labute approximate surface area is 141 Å². The van der Waals surface area contributed by atoms with Crippen LogP contribution in [0, 0.1) is 20.8 Å². The maximum absolute atomic E-state index is 12.5. The van der Waals surface area contributed by atoms with E-state index in [1.165, 1.54) is 16.5 Å². The number of aryl methyl sites for hydroxylation is 2. The zero-order valence-corrected chi connectivity index (χ0v) is 14.1. The van der Waals surface area contributed by atoms with E-state index < -0.39 is 0 Å². The average molecular weight is 320 g/mol. The van der Waals surface area contributed by atoms with Crippen LogP contribution >= 0.6 is 0 Å². The van der Waals surface area contributed by atoms with Gasteiger partial charge in [-0.05, 0) is 55.2 Å². The molecular weight excluding hydrogens is 300 g/mol. The fraction of sp³-hybridized carbons (Fsp3) is 0.200. The van der Waals surface area contributed by atoms with Crippen LogP contribution in [-0.4, -0.2) is 16.7 Å². The number of hydrogen-bond donors (Lipinski definition) is 1. The van der Waals surface area contributed by atoms with Crippen LogP contribution in [0.5, 0.6) is 0 Å². The van der Waals surface area contributed by atoms with Gasteiger partial charge in [-0.25, -0.2) is 0 Å². The van der Waals surface area contributed by atoms with E-state index in [4.69, 9.17) is 0 Å². The van der Waals surface area contributed by atoms with Crippen LogP contribution in [0.4, 0.5) is 5.69 Å². The molecule has 24 heavy (non-hydrogen) atoms. The summed E-state index contributed by atoms with van der Waals surface area (Å²) in [4.78, 5) is 26.0. The smallest absolute Gasteiger partial charge is 0.277 e. The highest BCUT2D eigenvalue weighted by Gasteiger charge is 2.31.